The Hall–Kier alpha value is -10.3. The molecular formula is C88H79BN4O. The molecule has 0 spiro atoms. The number of aromatic nitrogens is 1. The Balaban J connectivity index is 1.01. The summed E-state index contributed by atoms with van der Waals surface area (Å²) in [5, 5.41) is 4.54. The molecule has 0 saturated heterocycles. The van der Waals surface area contributed by atoms with Crippen LogP contribution in [0.15, 0.2) is 265 Å². The Bertz CT molecular complexity index is 5170. The van der Waals surface area contributed by atoms with E-state index in [1.54, 1.807) is 0 Å². The van der Waals surface area contributed by atoms with Gasteiger partial charge >= 0.3 is 0 Å². The van der Waals surface area contributed by atoms with Crippen molar-refractivity contribution in [2.24, 2.45) is 0 Å². The van der Waals surface area contributed by atoms with Crippen LogP contribution in [0.4, 0.5) is 51.2 Å². The predicted molar refractivity (Wildman–Crippen MR) is 402 cm³/mol. The average Bonchev–Trinajstić information content (AvgIpc) is 1.06. The SMILES string of the molecule is CC(C)(C)c1ccc(N(c2ccc(C(C)(C)C)cc2)c2ccc3c(c2)N(c2ccc(C(C)(C)C)cc2)c2cc(-c4ccccc4)cc4c2B3c2cc(C(C)(C)C)ccc2N4c2cc(-c3ccccc3)cc3c2oc2c(-n4c5ccccc5c5ccccc54)cccc23)cc1. The third-order valence-electron chi connectivity index (χ3n) is 20.0. The molecule has 0 bridgehead atoms. The van der Waals surface area contributed by atoms with E-state index in [-0.39, 0.29) is 28.4 Å². The molecule has 0 amide bonds. The predicted octanol–water partition coefficient (Wildman–Crippen LogP) is 22.8. The second kappa shape index (κ2) is 21.6. The van der Waals surface area contributed by atoms with Gasteiger partial charge in [0.05, 0.1) is 22.4 Å². The van der Waals surface area contributed by atoms with Crippen molar-refractivity contribution in [1.29, 1.82) is 0 Å². The number of para-hydroxylation sites is 3. The lowest BCUT2D eigenvalue weighted by atomic mass is 9.33. The third kappa shape index (κ3) is 9.74. The highest BCUT2D eigenvalue weighted by Gasteiger charge is 2.45. The zero-order chi connectivity index (χ0) is 64.7. The summed E-state index contributed by atoms with van der Waals surface area (Å²) in [6, 6.07) is 98.3. The van der Waals surface area contributed by atoms with Crippen LogP contribution in [0.25, 0.3) is 71.7 Å². The maximum absolute atomic E-state index is 7.76. The monoisotopic (exact) mass is 1220 g/mol. The second-order valence-electron chi connectivity index (χ2n) is 30.3. The standard InChI is InChI=1S/C88H79BN4O/c1-85(2,3)60-34-41-64(42-35-60)90(65-43-36-61(37-44-65)86(4,5)6)67-47-48-72-78(55-67)91(66-45-38-62(39-46-66)87(7,8)9)79-51-59(57-26-17-14-18-27-57)52-80-82(79)89(72)73-54-63(88(10,11)12)40-49-76(73)93(80)81-53-58(56-24-15-13-16-25-56)50-71-70-30-23-33-77(83(70)94-84(71)81)92-74-31-21-19-28-68(74)69-29-20-22-32-75(69)92/h13-55H,1-12H3. The molecule has 2 aromatic heterocycles. The summed E-state index contributed by atoms with van der Waals surface area (Å²) < 4.78 is 10.2. The van der Waals surface area contributed by atoms with Crippen molar-refractivity contribution in [2.45, 2.75) is 105 Å². The van der Waals surface area contributed by atoms with Gasteiger partial charge in [-0.15, -0.1) is 0 Å². The molecule has 4 heterocycles. The topological polar surface area (TPSA) is 27.8 Å². The molecule has 0 unspecified atom stereocenters. The summed E-state index contributed by atoms with van der Waals surface area (Å²) in [6.07, 6.45) is 0. The average molecular weight is 1220 g/mol. The minimum absolute atomic E-state index is 0.00313. The summed E-state index contributed by atoms with van der Waals surface area (Å²) >= 11 is 0. The van der Waals surface area contributed by atoms with E-state index in [2.05, 4.69) is 363 Å². The molecule has 12 aromatic carbocycles. The van der Waals surface area contributed by atoms with Crippen LogP contribution in [-0.4, -0.2) is 11.3 Å². The number of rotatable bonds is 8. The first-order chi connectivity index (χ1) is 45.2. The maximum atomic E-state index is 7.76. The highest BCUT2D eigenvalue weighted by molar-refractivity contribution is 7.00. The van der Waals surface area contributed by atoms with Crippen molar-refractivity contribution < 1.29 is 4.42 Å². The molecule has 94 heavy (non-hydrogen) atoms. The van der Waals surface area contributed by atoms with Crippen molar-refractivity contribution in [1.82, 2.24) is 4.57 Å². The van der Waals surface area contributed by atoms with Gasteiger partial charge in [-0.1, -0.05) is 247 Å². The van der Waals surface area contributed by atoms with Gasteiger partial charge in [0, 0.05) is 67.0 Å². The molecule has 16 rings (SSSR count). The van der Waals surface area contributed by atoms with E-state index in [0.29, 0.717) is 0 Å². The van der Waals surface area contributed by atoms with Crippen LogP contribution in [-0.2, 0) is 21.7 Å². The van der Waals surface area contributed by atoms with Gasteiger partial charge in [0.15, 0.2) is 11.2 Å². The number of anilines is 9. The van der Waals surface area contributed by atoms with Crippen molar-refractivity contribution in [3.8, 4) is 27.9 Å². The number of nitrogens with zero attached hydrogens (tertiary/aromatic N) is 4. The minimum Gasteiger partial charge on any atom is -0.452 e. The number of benzene rings is 12. The first-order valence-corrected chi connectivity index (χ1v) is 33.4. The number of furan rings is 1. The molecule has 2 aliphatic heterocycles. The third-order valence-corrected chi connectivity index (χ3v) is 20.0. The summed E-state index contributed by atoms with van der Waals surface area (Å²) in [6.45, 7) is 27.5. The Kier molecular flexibility index (Phi) is 13.5. The van der Waals surface area contributed by atoms with E-state index in [0.717, 1.165) is 112 Å². The Morgan fingerprint density at radius 1 is 0.298 bits per heavy atom. The van der Waals surface area contributed by atoms with Crippen molar-refractivity contribution in [3.05, 3.63) is 283 Å². The van der Waals surface area contributed by atoms with E-state index in [4.69, 9.17) is 4.42 Å². The van der Waals surface area contributed by atoms with Crippen LogP contribution >= 0.6 is 0 Å². The Labute approximate surface area is 554 Å². The fourth-order valence-electron chi connectivity index (χ4n) is 14.9. The largest absolute Gasteiger partial charge is 0.452 e. The van der Waals surface area contributed by atoms with Gasteiger partial charge in [-0.25, -0.2) is 0 Å². The van der Waals surface area contributed by atoms with Gasteiger partial charge in [-0.05, 0) is 180 Å². The molecule has 0 atom stereocenters. The van der Waals surface area contributed by atoms with Crippen molar-refractivity contribution in [2.75, 3.05) is 14.7 Å². The van der Waals surface area contributed by atoms with E-state index in [1.165, 1.54) is 49.4 Å². The zero-order valence-electron chi connectivity index (χ0n) is 56.1. The molecule has 5 nitrogen and oxygen atoms in total. The summed E-state index contributed by atoms with van der Waals surface area (Å²) in [5.41, 5.74) is 28.0. The molecule has 14 aromatic rings. The fraction of sp³-hybridized carbons (Fsp3) is 0.182. The molecule has 2 aliphatic rings. The lowest BCUT2D eigenvalue weighted by Gasteiger charge is -2.45. The van der Waals surface area contributed by atoms with Gasteiger partial charge in [0.2, 0.25) is 0 Å². The van der Waals surface area contributed by atoms with E-state index in [1.807, 2.05) is 0 Å². The lowest BCUT2D eigenvalue weighted by Crippen LogP contribution is -2.61. The molecule has 6 heteroatoms. The number of fused-ring (bicyclic) bond motifs is 10. The summed E-state index contributed by atoms with van der Waals surface area (Å²) in [7, 11) is 0. The highest BCUT2D eigenvalue weighted by atomic mass is 16.3. The maximum Gasteiger partial charge on any atom is 0.252 e. The van der Waals surface area contributed by atoms with Gasteiger partial charge in [0.25, 0.3) is 6.71 Å². The highest BCUT2D eigenvalue weighted by Crippen LogP contribution is 2.52. The van der Waals surface area contributed by atoms with Gasteiger partial charge in [-0.2, -0.15) is 0 Å². The van der Waals surface area contributed by atoms with Gasteiger partial charge < -0.3 is 23.7 Å². The van der Waals surface area contributed by atoms with E-state index in [9.17, 15) is 0 Å². The van der Waals surface area contributed by atoms with E-state index >= 15 is 0 Å². The quantitative estimate of drug-likeness (QED) is 0.142. The molecule has 460 valence electrons. The molecule has 0 N–H and O–H groups in total. The molecule has 0 saturated carbocycles. The fourth-order valence-corrected chi connectivity index (χ4v) is 14.9. The van der Waals surface area contributed by atoms with Crippen LogP contribution in [0, 0.1) is 0 Å². The molecule has 0 fully saturated rings. The van der Waals surface area contributed by atoms with Gasteiger partial charge in [-0.3, -0.25) is 0 Å². The summed E-state index contributed by atoms with van der Waals surface area (Å²) in [4.78, 5) is 7.62. The van der Waals surface area contributed by atoms with Crippen molar-refractivity contribution >= 4 is 118 Å². The minimum atomic E-state index is -0.173. The molecule has 0 aliphatic carbocycles. The second-order valence-corrected chi connectivity index (χ2v) is 30.3. The van der Waals surface area contributed by atoms with Crippen LogP contribution < -0.4 is 31.1 Å². The molecule has 0 radical (unpaired) electrons. The Morgan fingerprint density at radius 3 is 1.31 bits per heavy atom. The smallest absolute Gasteiger partial charge is 0.252 e. The van der Waals surface area contributed by atoms with Crippen LogP contribution in [0.1, 0.15) is 105 Å². The van der Waals surface area contributed by atoms with Crippen LogP contribution in [0.2, 0.25) is 0 Å². The van der Waals surface area contributed by atoms with Crippen molar-refractivity contribution in [3.63, 3.8) is 0 Å². The number of hydrogen-bond acceptors (Lipinski definition) is 4. The lowest BCUT2D eigenvalue weighted by molar-refractivity contribution is 0.590. The Morgan fingerprint density at radius 2 is 0.755 bits per heavy atom. The molecular weight excluding hydrogens is 1140 g/mol. The first-order valence-electron chi connectivity index (χ1n) is 33.4. The van der Waals surface area contributed by atoms with Crippen LogP contribution in [0.5, 0.6) is 0 Å². The normalized spacial score (nSPS) is 13.3. The van der Waals surface area contributed by atoms with Gasteiger partial charge in [0.1, 0.15) is 0 Å². The summed E-state index contributed by atoms with van der Waals surface area (Å²) in [5.74, 6) is 0. The number of hydrogen-bond donors (Lipinski definition) is 0. The zero-order valence-corrected chi connectivity index (χ0v) is 56.1. The first kappa shape index (κ1) is 58.8. The van der Waals surface area contributed by atoms with Crippen LogP contribution in [0.3, 0.4) is 0 Å². The van der Waals surface area contributed by atoms with E-state index < -0.39 is 0 Å².